The van der Waals surface area contributed by atoms with Crippen molar-refractivity contribution in [3.63, 3.8) is 0 Å². The maximum atomic E-state index is 12.7. The van der Waals surface area contributed by atoms with Crippen LogP contribution in [0.3, 0.4) is 0 Å². The van der Waals surface area contributed by atoms with E-state index in [1.54, 1.807) is 0 Å². The van der Waals surface area contributed by atoms with Crippen molar-refractivity contribution in [3.05, 3.63) is 44.8 Å². The van der Waals surface area contributed by atoms with Crippen molar-refractivity contribution >= 4 is 16.8 Å². The highest BCUT2D eigenvalue weighted by molar-refractivity contribution is 6.08. The standard InChI is InChI=1S/C22H28O5/c1-6-7-14-11-17(24)27-22-15(9-8-12(2)3)20(25)19(21(26)18(14)22)16(23)10-13(4)5/h8,11,13,25-26H,6-7,9-10H2,1-5H3. The molecule has 0 amide bonds. The molecule has 0 aliphatic rings. The normalized spacial score (nSPS) is 11.2. The second kappa shape index (κ2) is 8.42. The van der Waals surface area contributed by atoms with E-state index in [0.29, 0.717) is 29.4 Å². The number of ketones is 1. The Hall–Kier alpha value is -2.56. The molecular weight excluding hydrogens is 344 g/mol. The number of hydrogen-bond donors (Lipinski definition) is 2. The molecule has 0 saturated carbocycles. The van der Waals surface area contributed by atoms with Crippen LogP contribution >= 0.6 is 0 Å². The second-order valence-corrected chi connectivity index (χ2v) is 7.60. The zero-order chi connectivity index (χ0) is 20.3. The Morgan fingerprint density at radius 2 is 1.89 bits per heavy atom. The molecule has 146 valence electrons. The summed E-state index contributed by atoms with van der Waals surface area (Å²) in [6, 6.07) is 1.35. The third-order valence-corrected chi connectivity index (χ3v) is 4.42. The minimum Gasteiger partial charge on any atom is -0.507 e. The first-order chi connectivity index (χ1) is 12.7. The van der Waals surface area contributed by atoms with Crippen molar-refractivity contribution < 1.29 is 19.4 Å². The fourth-order valence-electron chi connectivity index (χ4n) is 3.21. The van der Waals surface area contributed by atoms with Crippen LogP contribution in [0.1, 0.15) is 68.9 Å². The van der Waals surface area contributed by atoms with Gasteiger partial charge in [-0.1, -0.05) is 38.8 Å². The minimum atomic E-state index is -0.538. The summed E-state index contributed by atoms with van der Waals surface area (Å²) >= 11 is 0. The molecule has 0 aliphatic heterocycles. The molecule has 5 heteroatoms. The predicted octanol–water partition coefficient (Wildman–Crippen LogP) is 4.89. The van der Waals surface area contributed by atoms with Gasteiger partial charge >= 0.3 is 5.63 Å². The van der Waals surface area contributed by atoms with Crippen LogP contribution in [0.5, 0.6) is 11.5 Å². The largest absolute Gasteiger partial charge is 0.507 e. The molecule has 1 aromatic carbocycles. The first kappa shape index (κ1) is 20.7. The summed E-state index contributed by atoms with van der Waals surface area (Å²) in [5.74, 6) is -0.854. The number of benzene rings is 1. The van der Waals surface area contributed by atoms with Gasteiger partial charge in [0.05, 0.1) is 5.39 Å². The first-order valence-corrected chi connectivity index (χ1v) is 9.37. The summed E-state index contributed by atoms with van der Waals surface area (Å²) in [5, 5.41) is 22.0. The molecule has 0 atom stereocenters. The van der Waals surface area contributed by atoms with Crippen LogP contribution in [0.25, 0.3) is 11.0 Å². The molecule has 1 heterocycles. The molecule has 0 bridgehead atoms. The van der Waals surface area contributed by atoms with Crippen LogP contribution in [-0.4, -0.2) is 16.0 Å². The molecule has 0 spiro atoms. The van der Waals surface area contributed by atoms with Crippen molar-refractivity contribution in [1.82, 2.24) is 0 Å². The van der Waals surface area contributed by atoms with Gasteiger partial charge < -0.3 is 14.6 Å². The van der Waals surface area contributed by atoms with Crippen LogP contribution in [0.15, 0.2) is 26.9 Å². The number of aryl methyl sites for hydroxylation is 1. The summed E-state index contributed by atoms with van der Waals surface area (Å²) in [6.07, 6.45) is 3.70. The van der Waals surface area contributed by atoms with Gasteiger partial charge in [-0.25, -0.2) is 4.79 Å². The maximum absolute atomic E-state index is 12.7. The number of phenolic OH excluding ortho intramolecular Hbond substituents is 2. The van der Waals surface area contributed by atoms with E-state index in [2.05, 4.69) is 0 Å². The van der Waals surface area contributed by atoms with Gasteiger partial charge in [-0.15, -0.1) is 0 Å². The number of phenols is 2. The van der Waals surface area contributed by atoms with Gasteiger partial charge in [0.1, 0.15) is 22.6 Å². The average Bonchev–Trinajstić information content (AvgIpc) is 2.53. The molecule has 27 heavy (non-hydrogen) atoms. The van der Waals surface area contributed by atoms with Crippen LogP contribution < -0.4 is 5.63 Å². The first-order valence-electron chi connectivity index (χ1n) is 9.37. The van der Waals surface area contributed by atoms with Crippen molar-refractivity contribution in [2.24, 2.45) is 5.92 Å². The van der Waals surface area contributed by atoms with Crippen molar-refractivity contribution in [1.29, 1.82) is 0 Å². The molecule has 2 N–H and O–H groups in total. The Balaban J connectivity index is 2.92. The molecule has 2 aromatic rings. The van der Waals surface area contributed by atoms with E-state index in [-0.39, 0.29) is 40.8 Å². The lowest BCUT2D eigenvalue weighted by molar-refractivity contribution is 0.0962. The van der Waals surface area contributed by atoms with Crippen LogP contribution in [0, 0.1) is 5.92 Å². The molecular formula is C22H28O5. The minimum absolute atomic E-state index is 0.0806. The van der Waals surface area contributed by atoms with Crippen molar-refractivity contribution in [2.75, 3.05) is 0 Å². The summed E-state index contributed by atoms with van der Waals surface area (Å²) < 4.78 is 5.37. The lowest BCUT2D eigenvalue weighted by atomic mass is 9.91. The Labute approximate surface area is 159 Å². The number of carbonyl (C=O) groups is 1. The summed E-state index contributed by atoms with van der Waals surface area (Å²) in [6.45, 7) is 9.61. The van der Waals surface area contributed by atoms with E-state index < -0.39 is 5.63 Å². The van der Waals surface area contributed by atoms with Crippen LogP contribution in [0.4, 0.5) is 0 Å². The topological polar surface area (TPSA) is 87.7 Å². The van der Waals surface area contributed by atoms with E-state index in [9.17, 15) is 19.8 Å². The predicted molar refractivity (Wildman–Crippen MR) is 107 cm³/mol. The highest BCUT2D eigenvalue weighted by atomic mass is 16.4. The number of aromatic hydroxyl groups is 2. The van der Waals surface area contributed by atoms with Gasteiger partial charge in [0.2, 0.25) is 0 Å². The highest BCUT2D eigenvalue weighted by Crippen LogP contribution is 2.42. The summed E-state index contributed by atoms with van der Waals surface area (Å²) in [7, 11) is 0. The zero-order valence-electron chi connectivity index (χ0n) is 16.7. The Morgan fingerprint density at radius 3 is 2.44 bits per heavy atom. The van der Waals surface area contributed by atoms with Crippen molar-refractivity contribution in [3.8, 4) is 11.5 Å². The van der Waals surface area contributed by atoms with Crippen LogP contribution in [-0.2, 0) is 12.8 Å². The average molecular weight is 372 g/mol. The number of carbonyl (C=O) groups excluding carboxylic acids is 1. The van der Waals surface area contributed by atoms with Gasteiger partial charge in [0.25, 0.3) is 0 Å². The number of rotatable bonds is 7. The fraction of sp³-hybridized carbons (Fsp3) is 0.455. The van der Waals surface area contributed by atoms with Gasteiger partial charge in [-0.2, -0.15) is 0 Å². The van der Waals surface area contributed by atoms with Crippen LogP contribution in [0.2, 0.25) is 0 Å². The molecule has 2 rings (SSSR count). The maximum Gasteiger partial charge on any atom is 0.336 e. The second-order valence-electron chi connectivity index (χ2n) is 7.60. The van der Waals surface area contributed by atoms with E-state index in [0.717, 1.165) is 12.0 Å². The Morgan fingerprint density at radius 1 is 1.22 bits per heavy atom. The van der Waals surface area contributed by atoms with Gasteiger partial charge in [-0.05, 0) is 38.2 Å². The third kappa shape index (κ3) is 4.41. The smallest absolute Gasteiger partial charge is 0.336 e. The SMILES string of the molecule is CCCc1cc(=O)oc2c(CC=C(C)C)c(O)c(C(=O)CC(C)C)c(O)c12. The number of allylic oxidation sites excluding steroid dienone is 2. The van der Waals surface area contributed by atoms with E-state index >= 15 is 0 Å². The molecule has 0 unspecified atom stereocenters. The summed E-state index contributed by atoms with van der Waals surface area (Å²) in [4.78, 5) is 24.8. The molecule has 0 radical (unpaired) electrons. The Bertz CT molecular complexity index is 944. The molecule has 1 aromatic heterocycles. The fourth-order valence-corrected chi connectivity index (χ4v) is 3.21. The summed E-state index contributed by atoms with van der Waals surface area (Å²) in [5.41, 5.74) is 1.53. The lowest BCUT2D eigenvalue weighted by Gasteiger charge is -2.16. The highest BCUT2D eigenvalue weighted by Gasteiger charge is 2.27. The monoisotopic (exact) mass is 372 g/mol. The van der Waals surface area contributed by atoms with Gasteiger partial charge in [0, 0.05) is 18.1 Å². The number of hydrogen-bond acceptors (Lipinski definition) is 5. The molecule has 5 nitrogen and oxygen atoms in total. The lowest BCUT2D eigenvalue weighted by Crippen LogP contribution is -2.09. The quantitative estimate of drug-likeness (QED) is 0.410. The molecule has 0 fully saturated rings. The third-order valence-electron chi connectivity index (χ3n) is 4.42. The van der Waals surface area contributed by atoms with Crippen molar-refractivity contribution in [2.45, 2.75) is 60.3 Å². The number of Topliss-reactive ketones (excluding diaryl/α,β-unsaturated/α-hetero) is 1. The van der Waals surface area contributed by atoms with Gasteiger partial charge in [-0.3, -0.25) is 4.79 Å². The van der Waals surface area contributed by atoms with E-state index in [4.69, 9.17) is 4.42 Å². The van der Waals surface area contributed by atoms with E-state index in [1.165, 1.54) is 6.07 Å². The van der Waals surface area contributed by atoms with Gasteiger partial charge in [0.15, 0.2) is 5.78 Å². The molecule has 0 saturated heterocycles. The number of fused-ring (bicyclic) bond motifs is 1. The van der Waals surface area contributed by atoms with E-state index in [1.807, 2.05) is 40.7 Å². The Kier molecular flexibility index (Phi) is 6.47. The molecule has 0 aliphatic carbocycles. The zero-order valence-corrected chi connectivity index (χ0v) is 16.7.